The van der Waals surface area contributed by atoms with Crippen LogP contribution < -0.4 is 5.32 Å². The minimum atomic E-state index is 0.647. The SMILES string of the molecule is CC=Cc1cnc(-c2ccccc2)nc1Nc1cc(C2CC2)[nH]n1. The maximum absolute atomic E-state index is 4.70. The van der Waals surface area contributed by atoms with E-state index in [1.807, 2.05) is 55.6 Å². The van der Waals surface area contributed by atoms with E-state index in [0.29, 0.717) is 11.7 Å². The van der Waals surface area contributed by atoms with Gasteiger partial charge in [-0.2, -0.15) is 5.10 Å². The highest BCUT2D eigenvalue weighted by molar-refractivity contribution is 5.69. The van der Waals surface area contributed by atoms with Gasteiger partial charge in [0.2, 0.25) is 0 Å². The predicted octanol–water partition coefficient (Wildman–Crippen LogP) is 4.52. The van der Waals surface area contributed by atoms with Crippen LogP contribution in [0.15, 0.2) is 48.7 Å². The standard InChI is InChI=1S/C19H19N5/c1-2-6-15-12-20-18(14-7-4-3-5-8-14)22-19(15)21-17-11-16(23-24-17)13-9-10-13/h2-8,11-13H,9-10H2,1H3,(H2,20,21,22,23,24). The summed E-state index contributed by atoms with van der Waals surface area (Å²) in [4.78, 5) is 9.18. The molecule has 1 aliphatic rings. The fraction of sp³-hybridized carbons (Fsp3) is 0.211. The van der Waals surface area contributed by atoms with E-state index >= 15 is 0 Å². The van der Waals surface area contributed by atoms with E-state index in [2.05, 4.69) is 26.6 Å². The molecule has 0 aliphatic heterocycles. The minimum absolute atomic E-state index is 0.647. The van der Waals surface area contributed by atoms with E-state index in [9.17, 15) is 0 Å². The molecule has 1 aromatic carbocycles. The van der Waals surface area contributed by atoms with E-state index < -0.39 is 0 Å². The molecule has 1 fully saturated rings. The lowest BCUT2D eigenvalue weighted by molar-refractivity contribution is 0.966. The first-order valence-electron chi connectivity index (χ1n) is 8.21. The number of nitrogens with one attached hydrogen (secondary N) is 2. The number of rotatable bonds is 5. The number of H-pyrrole nitrogens is 1. The van der Waals surface area contributed by atoms with Crippen LogP contribution in [0.2, 0.25) is 0 Å². The Hall–Kier alpha value is -2.95. The van der Waals surface area contributed by atoms with Crippen LogP contribution in [0.4, 0.5) is 11.6 Å². The number of nitrogens with zero attached hydrogens (tertiary/aromatic N) is 3. The number of benzene rings is 1. The molecule has 0 bridgehead atoms. The molecule has 2 N–H and O–H groups in total. The van der Waals surface area contributed by atoms with Crippen LogP contribution in [-0.2, 0) is 0 Å². The summed E-state index contributed by atoms with van der Waals surface area (Å²) in [7, 11) is 0. The summed E-state index contributed by atoms with van der Waals surface area (Å²) in [6.45, 7) is 1.98. The summed E-state index contributed by atoms with van der Waals surface area (Å²) >= 11 is 0. The second kappa shape index (κ2) is 6.28. The molecular formula is C19H19N5. The molecule has 5 heteroatoms. The highest BCUT2D eigenvalue weighted by Crippen LogP contribution is 2.39. The van der Waals surface area contributed by atoms with E-state index in [-0.39, 0.29) is 0 Å². The Morgan fingerprint density at radius 3 is 2.79 bits per heavy atom. The first kappa shape index (κ1) is 14.6. The van der Waals surface area contributed by atoms with Gasteiger partial charge in [-0.25, -0.2) is 9.97 Å². The van der Waals surface area contributed by atoms with Crippen LogP contribution in [0.1, 0.15) is 36.9 Å². The van der Waals surface area contributed by atoms with E-state index in [1.54, 1.807) is 0 Å². The Morgan fingerprint density at radius 1 is 1.21 bits per heavy atom. The van der Waals surface area contributed by atoms with Crippen molar-refractivity contribution in [1.82, 2.24) is 20.2 Å². The Kier molecular flexibility index (Phi) is 3.83. The molecule has 1 saturated carbocycles. The van der Waals surface area contributed by atoms with Crippen LogP contribution >= 0.6 is 0 Å². The van der Waals surface area contributed by atoms with Gasteiger partial charge in [0.25, 0.3) is 0 Å². The highest BCUT2D eigenvalue weighted by atomic mass is 15.2. The van der Waals surface area contributed by atoms with Gasteiger partial charge in [-0.15, -0.1) is 0 Å². The Labute approximate surface area is 140 Å². The summed E-state index contributed by atoms with van der Waals surface area (Å²) in [5.74, 6) is 2.90. The molecule has 5 nitrogen and oxygen atoms in total. The molecule has 0 amide bonds. The highest BCUT2D eigenvalue weighted by Gasteiger charge is 2.25. The van der Waals surface area contributed by atoms with E-state index in [0.717, 1.165) is 22.8 Å². The monoisotopic (exact) mass is 317 g/mol. The lowest BCUT2D eigenvalue weighted by Crippen LogP contribution is -2.00. The minimum Gasteiger partial charge on any atom is -0.323 e. The molecule has 120 valence electrons. The van der Waals surface area contributed by atoms with Gasteiger partial charge in [-0.1, -0.05) is 42.5 Å². The third-order valence-electron chi connectivity index (χ3n) is 4.06. The van der Waals surface area contributed by atoms with Crippen molar-refractivity contribution in [2.75, 3.05) is 5.32 Å². The average Bonchev–Trinajstić information content (AvgIpc) is 3.37. The van der Waals surface area contributed by atoms with Crippen molar-refractivity contribution in [3.05, 3.63) is 59.9 Å². The lowest BCUT2D eigenvalue weighted by atomic mass is 10.2. The van der Waals surface area contributed by atoms with E-state index in [4.69, 9.17) is 4.98 Å². The number of aromatic nitrogens is 4. The molecule has 4 rings (SSSR count). The van der Waals surface area contributed by atoms with Crippen molar-refractivity contribution in [3.8, 4) is 11.4 Å². The number of aromatic amines is 1. The van der Waals surface area contributed by atoms with Gasteiger partial charge in [0.1, 0.15) is 5.82 Å². The molecule has 2 aromatic heterocycles. The van der Waals surface area contributed by atoms with Crippen LogP contribution in [-0.4, -0.2) is 20.2 Å². The first-order chi connectivity index (χ1) is 11.8. The van der Waals surface area contributed by atoms with Gasteiger partial charge in [-0.05, 0) is 19.8 Å². The Balaban J connectivity index is 1.67. The second-order valence-corrected chi connectivity index (χ2v) is 5.97. The molecule has 0 atom stereocenters. The molecule has 3 aromatic rings. The van der Waals surface area contributed by atoms with Gasteiger partial charge < -0.3 is 5.32 Å². The first-order valence-corrected chi connectivity index (χ1v) is 8.21. The zero-order valence-electron chi connectivity index (χ0n) is 13.5. The number of anilines is 2. The number of allylic oxidation sites excluding steroid dienone is 1. The maximum atomic E-state index is 4.70. The third kappa shape index (κ3) is 3.06. The maximum Gasteiger partial charge on any atom is 0.161 e. The van der Waals surface area contributed by atoms with Gasteiger partial charge in [0, 0.05) is 35.0 Å². The van der Waals surface area contributed by atoms with Crippen LogP contribution in [0.3, 0.4) is 0 Å². The van der Waals surface area contributed by atoms with Gasteiger partial charge in [-0.3, -0.25) is 5.10 Å². The summed E-state index contributed by atoms with van der Waals surface area (Å²) in [5, 5.41) is 10.8. The smallest absolute Gasteiger partial charge is 0.161 e. The third-order valence-corrected chi connectivity index (χ3v) is 4.06. The van der Waals surface area contributed by atoms with Crippen molar-refractivity contribution in [2.45, 2.75) is 25.7 Å². The van der Waals surface area contributed by atoms with Crippen LogP contribution in [0, 0.1) is 0 Å². The Morgan fingerprint density at radius 2 is 2.04 bits per heavy atom. The van der Waals surface area contributed by atoms with Gasteiger partial charge >= 0.3 is 0 Å². The summed E-state index contributed by atoms with van der Waals surface area (Å²) in [6.07, 6.45) is 8.30. The molecular weight excluding hydrogens is 298 g/mol. The lowest BCUT2D eigenvalue weighted by Gasteiger charge is -2.08. The molecule has 0 radical (unpaired) electrons. The second-order valence-electron chi connectivity index (χ2n) is 5.97. The summed E-state index contributed by atoms with van der Waals surface area (Å²) in [5.41, 5.74) is 3.13. The van der Waals surface area contributed by atoms with Crippen molar-refractivity contribution >= 4 is 17.7 Å². The summed E-state index contributed by atoms with van der Waals surface area (Å²) < 4.78 is 0. The number of hydrogen-bond donors (Lipinski definition) is 2. The van der Waals surface area contributed by atoms with Gasteiger partial charge in [0.15, 0.2) is 11.6 Å². The van der Waals surface area contributed by atoms with Gasteiger partial charge in [0.05, 0.1) is 0 Å². The Bertz CT molecular complexity index is 862. The van der Waals surface area contributed by atoms with Crippen molar-refractivity contribution in [1.29, 1.82) is 0 Å². The summed E-state index contributed by atoms with van der Waals surface area (Å²) in [6, 6.07) is 12.0. The quantitative estimate of drug-likeness (QED) is 0.726. The number of hydrogen-bond acceptors (Lipinski definition) is 4. The average molecular weight is 317 g/mol. The van der Waals surface area contributed by atoms with E-state index in [1.165, 1.54) is 18.5 Å². The topological polar surface area (TPSA) is 66.5 Å². The van der Waals surface area contributed by atoms with Crippen LogP contribution in [0.25, 0.3) is 17.5 Å². The zero-order valence-corrected chi connectivity index (χ0v) is 13.5. The molecule has 2 heterocycles. The zero-order chi connectivity index (χ0) is 16.4. The molecule has 24 heavy (non-hydrogen) atoms. The van der Waals surface area contributed by atoms with Crippen LogP contribution in [0.5, 0.6) is 0 Å². The molecule has 0 saturated heterocycles. The van der Waals surface area contributed by atoms with Crippen molar-refractivity contribution in [2.24, 2.45) is 0 Å². The molecule has 0 spiro atoms. The normalized spacial score (nSPS) is 14.2. The predicted molar refractivity (Wildman–Crippen MR) is 96.0 cm³/mol. The van der Waals surface area contributed by atoms with Crippen molar-refractivity contribution < 1.29 is 0 Å². The fourth-order valence-electron chi connectivity index (χ4n) is 2.64. The molecule has 1 aliphatic carbocycles. The molecule has 0 unspecified atom stereocenters. The fourth-order valence-corrected chi connectivity index (χ4v) is 2.64. The largest absolute Gasteiger partial charge is 0.323 e. The van der Waals surface area contributed by atoms with Crippen molar-refractivity contribution in [3.63, 3.8) is 0 Å².